The summed E-state index contributed by atoms with van der Waals surface area (Å²) in [4.78, 5) is 3.94. The van der Waals surface area contributed by atoms with E-state index in [0.29, 0.717) is 6.42 Å². The van der Waals surface area contributed by atoms with E-state index in [-0.39, 0.29) is 5.92 Å². The largest absolute Gasteiger partial charge is 0.387 e. The first-order chi connectivity index (χ1) is 6.70. The smallest absolute Gasteiger partial charge is 0.0951 e. The number of nitriles is 1. The van der Waals surface area contributed by atoms with Gasteiger partial charge < -0.3 is 5.11 Å². The Hall–Kier alpha value is -1.40. The minimum absolute atomic E-state index is 0.337. The molecule has 0 saturated carbocycles. The van der Waals surface area contributed by atoms with E-state index in [1.807, 2.05) is 13.8 Å². The van der Waals surface area contributed by atoms with E-state index in [2.05, 4.69) is 11.1 Å². The summed E-state index contributed by atoms with van der Waals surface area (Å²) < 4.78 is 0. The normalized spacial score (nSPS) is 14.4. The Kier molecular flexibility index (Phi) is 3.61. The van der Waals surface area contributed by atoms with Crippen LogP contribution in [0.2, 0.25) is 0 Å². The van der Waals surface area contributed by atoms with Crippen molar-refractivity contribution in [2.24, 2.45) is 5.92 Å². The molecule has 1 rings (SSSR count). The number of pyridine rings is 1. The van der Waals surface area contributed by atoms with Crippen LogP contribution in [0.1, 0.15) is 30.6 Å². The van der Waals surface area contributed by atoms with Crippen molar-refractivity contribution in [2.45, 2.75) is 26.4 Å². The zero-order valence-electron chi connectivity index (χ0n) is 8.44. The molecule has 0 saturated heterocycles. The highest BCUT2D eigenvalue weighted by Crippen LogP contribution is 2.25. The summed E-state index contributed by atoms with van der Waals surface area (Å²) in [6.07, 6.45) is 3.28. The maximum absolute atomic E-state index is 9.91. The van der Waals surface area contributed by atoms with Crippen molar-refractivity contribution < 1.29 is 5.11 Å². The number of hydrogen-bond acceptors (Lipinski definition) is 3. The van der Waals surface area contributed by atoms with Crippen LogP contribution in [0.25, 0.3) is 0 Å². The molecular formula is C11H14N2O. The number of aliphatic hydroxyl groups is 1. The molecule has 0 aliphatic heterocycles. The predicted molar refractivity (Wildman–Crippen MR) is 53.3 cm³/mol. The summed E-state index contributed by atoms with van der Waals surface area (Å²) in [7, 11) is 0. The van der Waals surface area contributed by atoms with Crippen molar-refractivity contribution in [2.75, 3.05) is 0 Å². The molecule has 0 bridgehead atoms. The number of hydrogen-bond donors (Lipinski definition) is 1. The number of rotatable bonds is 3. The Labute approximate surface area is 84.0 Å². The van der Waals surface area contributed by atoms with Crippen LogP contribution in [0.4, 0.5) is 0 Å². The van der Waals surface area contributed by atoms with Crippen molar-refractivity contribution in [1.82, 2.24) is 4.98 Å². The maximum atomic E-state index is 9.91. The van der Waals surface area contributed by atoms with Crippen LogP contribution in [0.3, 0.4) is 0 Å². The molecule has 14 heavy (non-hydrogen) atoms. The molecule has 1 heterocycles. The van der Waals surface area contributed by atoms with Gasteiger partial charge in [-0.2, -0.15) is 5.26 Å². The lowest BCUT2D eigenvalue weighted by Crippen LogP contribution is -2.11. The van der Waals surface area contributed by atoms with Gasteiger partial charge in [-0.3, -0.25) is 4.98 Å². The van der Waals surface area contributed by atoms with Gasteiger partial charge in [0.25, 0.3) is 0 Å². The second-order valence-electron chi connectivity index (χ2n) is 3.32. The Morgan fingerprint density at radius 2 is 2.36 bits per heavy atom. The minimum atomic E-state index is -0.701. The highest BCUT2D eigenvalue weighted by atomic mass is 16.3. The van der Waals surface area contributed by atoms with E-state index >= 15 is 0 Å². The van der Waals surface area contributed by atoms with Crippen molar-refractivity contribution in [3.8, 4) is 6.07 Å². The highest BCUT2D eigenvalue weighted by Gasteiger charge is 2.19. The summed E-state index contributed by atoms with van der Waals surface area (Å²) >= 11 is 0. The monoisotopic (exact) mass is 190 g/mol. The summed E-state index contributed by atoms with van der Waals surface area (Å²) in [5.41, 5.74) is 1.72. The van der Waals surface area contributed by atoms with Crippen molar-refractivity contribution in [1.29, 1.82) is 5.26 Å². The third kappa shape index (κ3) is 2.09. The fourth-order valence-corrected chi connectivity index (χ4v) is 1.42. The van der Waals surface area contributed by atoms with Gasteiger partial charge in [0.05, 0.1) is 18.1 Å². The maximum Gasteiger partial charge on any atom is 0.0951 e. The van der Waals surface area contributed by atoms with E-state index in [9.17, 15) is 5.11 Å². The summed E-state index contributed by atoms with van der Waals surface area (Å²) in [6, 6.07) is 3.87. The van der Waals surface area contributed by atoms with Crippen molar-refractivity contribution >= 4 is 0 Å². The van der Waals surface area contributed by atoms with Gasteiger partial charge in [-0.05, 0) is 30.5 Å². The van der Waals surface area contributed by atoms with Gasteiger partial charge in [0.2, 0.25) is 0 Å². The molecular weight excluding hydrogens is 176 g/mol. The average molecular weight is 190 g/mol. The molecule has 0 aliphatic carbocycles. The van der Waals surface area contributed by atoms with Crippen LogP contribution in [-0.4, -0.2) is 10.1 Å². The molecule has 1 N–H and O–H groups in total. The van der Waals surface area contributed by atoms with Crippen molar-refractivity contribution in [3.05, 3.63) is 29.6 Å². The lowest BCUT2D eigenvalue weighted by atomic mass is 9.93. The van der Waals surface area contributed by atoms with Crippen LogP contribution in [0.5, 0.6) is 0 Å². The number of nitrogens with zero attached hydrogens (tertiary/aromatic N) is 2. The van der Waals surface area contributed by atoms with Gasteiger partial charge in [-0.25, -0.2) is 0 Å². The Morgan fingerprint density at radius 3 is 2.86 bits per heavy atom. The zero-order chi connectivity index (χ0) is 10.6. The number of aliphatic hydroxyl groups excluding tert-OH is 1. The van der Waals surface area contributed by atoms with E-state index < -0.39 is 6.10 Å². The van der Waals surface area contributed by atoms with Crippen molar-refractivity contribution in [3.63, 3.8) is 0 Å². The summed E-state index contributed by atoms with van der Waals surface area (Å²) in [6.45, 7) is 3.78. The van der Waals surface area contributed by atoms with Gasteiger partial charge in [-0.15, -0.1) is 0 Å². The van der Waals surface area contributed by atoms with Gasteiger partial charge in [-0.1, -0.05) is 6.92 Å². The van der Waals surface area contributed by atoms with E-state index in [1.54, 1.807) is 18.5 Å². The lowest BCUT2D eigenvalue weighted by Gasteiger charge is -2.16. The molecule has 2 unspecified atom stereocenters. The molecule has 0 aromatic carbocycles. The van der Waals surface area contributed by atoms with Crippen LogP contribution >= 0.6 is 0 Å². The second-order valence-corrected chi connectivity index (χ2v) is 3.32. The molecule has 0 radical (unpaired) electrons. The topological polar surface area (TPSA) is 56.9 Å². The molecule has 3 nitrogen and oxygen atoms in total. The van der Waals surface area contributed by atoms with E-state index in [1.165, 1.54) is 0 Å². The highest BCUT2D eigenvalue weighted by molar-refractivity contribution is 5.25. The summed E-state index contributed by atoms with van der Waals surface area (Å²) in [5, 5.41) is 18.7. The SMILES string of the molecule is CCC(C#N)C(O)c1ccncc1C. The third-order valence-electron chi connectivity index (χ3n) is 2.37. The summed E-state index contributed by atoms with van der Waals surface area (Å²) in [5.74, 6) is -0.337. The quantitative estimate of drug-likeness (QED) is 0.792. The predicted octanol–water partition coefficient (Wildman–Crippen LogP) is 1.97. The van der Waals surface area contributed by atoms with Gasteiger partial charge >= 0.3 is 0 Å². The first-order valence-corrected chi connectivity index (χ1v) is 4.68. The third-order valence-corrected chi connectivity index (χ3v) is 2.37. The molecule has 0 aliphatic rings. The fraction of sp³-hybridized carbons (Fsp3) is 0.455. The van der Waals surface area contributed by atoms with Gasteiger partial charge in [0.15, 0.2) is 0 Å². The van der Waals surface area contributed by atoms with E-state index in [0.717, 1.165) is 11.1 Å². The zero-order valence-corrected chi connectivity index (χ0v) is 8.44. The van der Waals surface area contributed by atoms with Crippen LogP contribution in [0, 0.1) is 24.2 Å². The number of aryl methyl sites for hydroxylation is 1. The molecule has 0 fully saturated rings. The molecule has 3 heteroatoms. The Bertz CT molecular complexity index is 343. The number of aromatic nitrogens is 1. The molecule has 0 amide bonds. The molecule has 74 valence electrons. The van der Waals surface area contributed by atoms with Gasteiger partial charge in [0.1, 0.15) is 0 Å². The second kappa shape index (κ2) is 4.73. The molecule has 1 aromatic rings. The Balaban J connectivity index is 2.95. The minimum Gasteiger partial charge on any atom is -0.387 e. The molecule has 0 spiro atoms. The molecule has 2 atom stereocenters. The van der Waals surface area contributed by atoms with Crippen LogP contribution < -0.4 is 0 Å². The first-order valence-electron chi connectivity index (χ1n) is 4.68. The standard InChI is InChI=1S/C11H14N2O/c1-3-9(6-12)11(14)10-4-5-13-7-8(10)2/h4-5,7,9,11,14H,3H2,1-2H3. The Morgan fingerprint density at radius 1 is 1.64 bits per heavy atom. The van der Waals surface area contributed by atoms with E-state index in [4.69, 9.17) is 5.26 Å². The molecule has 1 aromatic heterocycles. The van der Waals surface area contributed by atoms with Gasteiger partial charge in [0, 0.05) is 12.4 Å². The average Bonchev–Trinajstić information content (AvgIpc) is 2.20. The van der Waals surface area contributed by atoms with Crippen LogP contribution in [-0.2, 0) is 0 Å². The lowest BCUT2D eigenvalue weighted by molar-refractivity contribution is 0.132. The fourth-order valence-electron chi connectivity index (χ4n) is 1.42. The first kappa shape index (κ1) is 10.7. The van der Waals surface area contributed by atoms with Crippen LogP contribution in [0.15, 0.2) is 18.5 Å².